The van der Waals surface area contributed by atoms with Crippen LogP contribution in [0.25, 0.3) is 11.1 Å². The topological polar surface area (TPSA) is 12.9 Å². The molecule has 0 saturated heterocycles. The fourth-order valence-corrected chi connectivity index (χ4v) is 3.27. The maximum Gasteiger partial charge on any atom is 0.0297 e. The van der Waals surface area contributed by atoms with Crippen molar-refractivity contribution >= 4 is 0 Å². The van der Waals surface area contributed by atoms with Crippen molar-refractivity contribution in [1.82, 2.24) is 4.98 Å². The summed E-state index contributed by atoms with van der Waals surface area (Å²) in [6.07, 6.45) is 3.60. The third-order valence-electron chi connectivity index (χ3n) is 4.55. The van der Waals surface area contributed by atoms with Gasteiger partial charge in [-0.05, 0) is 47.7 Å². The van der Waals surface area contributed by atoms with Crippen LogP contribution in [0.2, 0.25) is 0 Å². The van der Waals surface area contributed by atoms with Crippen LogP contribution in [0.5, 0.6) is 0 Å². The van der Waals surface area contributed by atoms with Crippen LogP contribution >= 0.6 is 0 Å². The van der Waals surface area contributed by atoms with Gasteiger partial charge in [-0.15, -0.1) is 0 Å². The SMILES string of the molecule is Cc1ccc2c(c1)C(C)(C)c1ccccc1-2.Cc1cccnc1. The minimum Gasteiger partial charge on any atom is -0.264 e. The van der Waals surface area contributed by atoms with Gasteiger partial charge in [0.2, 0.25) is 0 Å². The van der Waals surface area contributed by atoms with Crippen LogP contribution in [0.15, 0.2) is 67.0 Å². The minimum absolute atomic E-state index is 0.151. The van der Waals surface area contributed by atoms with Gasteiger partial charge in [0, 0.05) is 17.8 Å². The highest BCUT2D eigenvalue weighted by Gasteiger charge is 2.34. The first kappa shape index (κ1) is 15.5. The van der Waals surface area contributed by atoms with Crippen LogP contribution in [0.3, 0.4) is 0 Å². The summed E-state index contributed by atoms with van der Waals surface area (Å²) in [6, 6.07) is 19.5. The van der Waals surface area contributed by atoms with Gasteiger partial charge in [0.15, 0.2) is 0 Å². The Bertz CT molecular complexity index is 816. The van der Waals surface area contributed by atoms with Crippen LogP contribution in [-0.2, 0) is 5.41 Å². The zero-order valence-electron chi connectivity index (χ0n) is 14.3. The first-order chi connectivity index (χ1) is 11.0. The summed E-state index contributed by atoms with van der Waals surface area (Å²) in [5, 5.41) is 0. The largest absolute Gasteiger partial charge is 0.264 e. The molecule has 0 bridgehead atoms. The zero-order chi connectivity index (χ0) is 16.4. The van der Waals surface area contributed by atoms with E-state index >= 15 is 0 Å². The molecule has 1 heterocycles. The molecule has 1 aromatic heterocycles. The second-order valence-electron chi connectivity index (χ2n) is 6.75. The number of nitrogens with zero attached hydrogens (tertiary/aromatic N) is 1. The fourth-order valence-electron chi connectivity index (χ4n) is 3.27. The maximum absolute atomic E-state index is 3.88. The smallest absolute Gasteiger partial charge is 0.0297 e. The van der Waals surface area contributed by atoms with Crippen molar-refractivity contribution in [3.63, 3.8) is 0 Å². The minimum atomic E-state index is 0.151. The van der Waals surface area contributed by atoms with E-state index in [9.17, 15) is 0 Å². The predicted octanol–water partition coefficient (Wildman–Crippen LogP) is 5.69. The van der Waals surface area contributed by atoms with Crippen molar-refractivity contribution in [3.8, 4) is 11.1 Å². The fraction of sp³-hybridized carbons (Fsp3) is 0.227. The lowest BCUT2D eigenvalue weighted by atomic mass is 9.82. The molecule has 0 radical (unpaired) electrons. The van der Waals surface area contributed by atoms with Crippen molar-refractivity contribution in [2.24, 2.45) is 0 Å². The molecule has 0 saturated carbocycles. The van der Waals surface area contributed by atoms with E-state index in [0.717, 1.165) is 0 Å². The second-order valence-corrected chi connectivity index (χ2v) is 6.75. The summed E-state index contributed by atoms with van der Waals surface area (Å²) in [4.78, 5) is 3.88. The number of benzene rings is 2. The van der Waals surface area contributed by atoms with Crippen LogP contribution in [-0.4, -0.2) is 4.98 Å². The van der Waals surface area contributed by atoms with Crippen LogP contribution < -0.4 is 0 Å². The highest BCUT2D eigenvalue weighted by atomic mass is 14.6. The summed E-state index contributed by atoms with van der Waals surface area (Å²) in [5.41, 5.74) is 8.44. The third-order valence-corrected chi connectivity index (χ3v) is 4.55. The first-order valence-electron chi connectivity index (χ1n) is 8.08. The Balaban J connectivity index is 0.000000188. The van der Waals surface area contributed by atoms with E-state index in [1.807, 2.05) is 25.3 Å². The third kappa shape index (κ3) is 2.92. The van der Waals surface area contributed by atoms with E-state index in [4.69, 9.17) is 0 Å². The first-order valence-corrected chi connectivity index (χ1v) is 8.08. The van der Waals surface area contributed by atoms with Gasteiger partial charge >= 0.3 is 0 Å². The molecular formula is C22H23N. The molecule has 0 fully saturated rings. The molecule has 2 aromatic carbocycles. The molecule has 0 atom stereocenters. The summed E-state index contributed by atoms with van der Waals surface area (Å²) < 4.78 is 0. The molecule has 0 N–H and O–H groups in total. The zero-order valence-corrected chi connectivity index (χ0v) is 14.3. The maximum atomic E-state index is 3.88. The van der Waals surface area contributed by atoms with Gasteiger partial charge in [-0.3, -0.25) is 4.98 Å². The normalized spacial score (nSPS) is 13.6. The number of hydrogen-bond acceptors (Lipinski definition) is 1. The van der Waals surface area contributed by atoms with E-state index in [2.05, 4.69) is 68.2 Å². The van der Waals surface area contributed by atoms with Crippen molar-refractivity contribution in [2.75, 3.05) is 0 Å². The quantitative estimate of drug-likeness (QED) is 0.519. The molecule has 23 heavy (non-hydrogen) atoms. The molecule has 0 amide bonds. The highest BCUT2D eigenvalue weighted by molar-refractivity contribution is 5.80. The molecule has 1 aliphatic carbocycles. The van der Waals surface area contributed by atoms with E-state index < -0.39 is 0 Å². The summed E-state index contributed by atoms with van der Waals surface area (Å²) >= 11 is 0. The number of pyridine rings is 1. The Morgan fingerprint density at radius 1 is 0.739 bits per heavy atom. The van der Waals surface area contributed by atoms with Crippen molar-refractivity contribution in [2.45, 2.75) is 33.1 Å². The summed E-state index contributed by atoms with van der Waals surface area (Å²) in [5.74, 6) is 0. The molecular weight excluding hydrogens is 278 g/mol. The average molecular weight is 301 g/mol. The van der Waals surface area contributed by atoms with Gasteiger partial charge in [0.1, 0.15) is 0 Å². The van der Waals surface area contributed by atoms with Gasteiger partial charge < -0.3 is 0 Å². The lowest BCUT2D eigenvalue weighted by Gasteiger charge is -2.21. The van der Waals surface area contributed by atoms with Gasteiger partial charge in [-0.2, -0.15) is 0 Å². The number of aryl methyl sites for hydroxylation is 2. The van der Waals surface area contributed by atoms with Gasteiger partial charge in [-0.1, -0.05) is 67.9 Å². The second kappa shape index (κ2) is 6.00. The molecule has 116 valence electrons. The summed E-state index contributed by atoms with van der Waals surface area (Å²) in [6.45, 7) is 8.82. The molecule has 3 aromatic rings. The van der Waals surface area contributed by atoms with Crippen molar-refractivity contribution in [3.05, 3.63) is 89.2 Å². The van der Waals surface area contributed by atoms with E-state index in [1.165, 1.54) is 33.4 Å². The Kier molecular flexibility index (Phi) is 4.04. The van der Waals surface area contributed by atoms with E-state index in [0.29, 0.717) is 0 Å². The van der Waals surface area contributed by atoms with Crippen LogP contribution in [0, 0.1) is 13.8 Å². The Morgan fingerprint density at radius 2 is 1.48 bits per heavy atom. The van der Waals surface area contributed by atoms with Crippen molar-refractivity contribution < 1.29 is 0 Å². The van der Waals surface area contributed by atoms with Gasteiger partial charge in [0.05, 0.1) is 0 Å². The predicted molar refractivity (Wildman–Crippen MR) is 97.7 cm³/mol. The van der Waals surface area contributed by atoms with E-state index in [-0.39, 0.29) is 5.41 Å². The van der Waals surface area contributed by atoms with Gasteiger partial charge in [0.25, 0.3) is 0 Å². The van der Waals surface area contributed by atoms with Crippen molar-refractivity contribution in [1.29, 1.82) is 0 Å². The molecule has 0 unspecified atom stereocenters. The average Bonchev–Trinajstić information content (AvgIpc) is 2.77. The summed E-state index contributed by atoms with van der Waals surface area (Å²) in [7, 11) is 0. The molecule has 0 spiro atoms. The molecule has 1 nitrogen and oxygen atoms in total. The van der Waals surface area contributed by atoms with E-state index in [1.54, 1.807) is 6.20 Å². The molecule has 1 heteroatoms. The number of hydrogen-bond donors (Lipinski definition) is 0. The Morgan fingerprint density at radius 3 is 2.13 bits per heavy atom. The lowest BCUT2D eigenvalue weighted by molar-refractivity contribution is 0.660. The molecule has 4 rings (SSSR count). The number of fused-ring (bicyclic) bond motifs is 3. The standard InChI is InChI=1S/C16H16.C6H7N/c1-11-8-9-13-12-6-4-5-7-14(12)16(2,3)15(13)10-11;1-6-3-2-4-7-5-6/h4-10H,1-3H3;2-5H,1H3. The Hall–Kier alpha value is -2.41. The molecule has 0 aliphatic heterocycles. The number of rotatable bonds is 0. The number of aromatic nitrogens is 1. The van der Waals surface area contributed by atoms with Crippen LogP contribution in [0.1, 0.15) is 36.1 Å². The monoisotopic (exact) mass is 301 g/mol. The van der Waals surface area contributed by atoms with Gasteiger partial charge in [-0.25, -0.2) is 0 Å². The highest BCUT2D eigenvalue weighted by Crippen LogP contribution is 2.48. The lowest BCUT2D eigenvalue weighted by Crippen LogP contribution is -2.14. The molecule has 1 aliphatic rings. The van der Waals surface area contributed by atoms with Crippen LogP contribution in [0.4, 0.5) is 0 Å². The Labute approximate surface area is 139 Å².